The quantitative estimate of drug-likeness (QED) is 0.738. The lowest BCUT2D eigenvalue weighted by atomic mass is 10.0. The van der Waals surface area contributed by atoms with Crippen molar-refractivity contribution in [1.82, 2.24) is 16.0 Å². The van der Waals surface area contributed by atoms with Crippen LogP contribution in [0.3, 0.4) is 0 Å². The van der Waals surface area contributed by atoms with Crippen LogP contribution >= 0.6 is 0 Å². The molecule has 0 saturated carbocycles. The van der Waals surface area contributed by atoms with Crippen LogP contribution in [0.15, 0.2) is 30.3 Å². The number of amides is 3. The van der Waals surface area contributed by atoms with E-state index in [0.29, 0.717) is 0 Å². The van der Waals surface area contributed by atoms with Crippen LogP contribution in [0.5, 0.6) is 0 Å². The molecule has 1 aromatic carbocycles. The Morgan fingerprint density at radius 2 is 1.65 bits per heavy atom. The summed E-state index contributed by atoms with van der Waals surface area (Å²) in [7, 11) is 0. The highest BCUT2D eigenvalue weighted by Gasteiger charge is 2.18. The minimum Gasteiger partial charge on any atom is -0.350 e. The largest absolute Gasteiger partial charge is 0.350 e. The first-order chi connectivity index (χ1) is 10.7. The van der Waals surface area contributed by atoms with Gasteiger partial charge in [0.25, 0.3) is 0 Å². The minimum absolute atomic E-state index is 0.0758. The molecule has 0 unspecified atom stereocenters. The van der Waals surface area contributed by atoms with Crippen molar-refractivity contribution in [3.63, 3.8) is 0 Å². The zero-order chi connectivity index (χ0) is 17.5. The third-order valence-electron chi connectivity index (χ3n) is 2.93. The van der Waals surface area contributed by atoms with Crippen LogP contribution in [0, 0.1) is 0 Å². The van der Waals surface area contributed by atoms with Gasteiger partial charge in [0, 0.05) is 12.5 Å². The Morgan fingerprint density at radius 3 is 2.17 bits per heavy atom. The third kappa shape index (κ3) is 7.99. The molecule has 0 aliphatic rings. The smallest absolute Gasteiger partial charge is 0.239 e. The Hall–Kier alpha value is -2.37. The molecule has 0 aromatic heterocycles. The van der Waals surface area contributed by atoms with Gasteiger partial charge < -0.3 is 16.0 Å². The summed E-state index contributed by atoms with van der Waals surface area (Å²) in [6.45, 7) is 6.93. The van der Waals surface area contributed by atoms with Crippen molar-refractivity contribution in [1.29, 1.82) is 0 Å². The van der Waals surface area contributed by atoms with Gasteiger partial charge in [-0.15, -0.1) is 0 Å². The number of carbonyl (C=O) groups is 3. The molecule has 0 heterocycles. The van der Waals surface area contributed by atoms with Crippen molar-refractivity contribution >= 4 is 17.7 Å². The van der Waals surface area contributed by atoms with Crippen LogP contribution in [-0.4, -0.2) is 29.8 Å². The highest BCUT2D eigenvalue weighted by Crippen LogP contribution is 2.16. The maximum atomic E-state index is 12.0. The Kier molecular flexibility index (Phi) is 6.75. The Morgan fingerprint density at radius 1 is 1.04 bits per heavy atom. The lowest BCUT2D eigenvalue weighted by molar-refractivity contribution is -0.127. The first kappa shape index (κ1) is 18.7. The van der Waals surface area contributed by atoms with Crippen LogP contribution in [0.1, 0.15) is 45.7 Å². The average molecular weight is 319 g/mol. The molecule has 3 amide bonds. The molecule has 1 atom stereocenters. The summed E-state index contributed by atoms with van der Waals surface area (Å²) in [5, 5.41) is 8.10. The van der Waals surface area contributed by atoms with E-state index < -0.39 is 6.04 Å². The summed E-state index contributed by atoms with van der Waals surface area (Å²) >= 11 is 0. The van der Waals surface area contributed by atoms with Crippen molar-refractivity contribution in [2.24, 2.45) is 0 Å². The molecule has 0 spiro atoms. The van der Waals surface area contributed by atoms with Crippen molar-refractivity contribution < 1.29 is 14.4 Å². The fourth-order valence-electron chi connectivity index (χ4n) is 2.08. The lowest BCUT2D eigenvalue weighted by Gasteiger charge is -2.21. The molecule has 1 aromatic rings. The molecule has 23 heavy (non-hydrogen) atoms. The predicted octanol–water partition coefficient (Wildman–Crippen LogP) is 1.28. The minimum atomic E-state index is -0.417. The van der Waals surface area contributed by atoms with E-state index in [2.05, 4.69) is 16.0 Å². The zero-order valence-corrected chi connectivity index (χ0v) is 14.1. The van der Waals surface area contributed by atoms with Crippen molar-refractivity contribution in [2.45, 2.75) is 45.7 Å². The first-order valence-electron chi connectivity index (χ1n) is 7.57. The van der Waals surface area contributed by atoms with E-state index >= 15 is 0 Å². The molecule has 0 aliphatic heterocycles. The fraction of sp³-hybridized carbons (Fsp3) is 0.471. The van der Waals surface area contributed by atoms with E-state index in [4.69, 9.17) is 0 Å². The molecule has 126 valence electrons. The molecule has 0 bridgehead atoms. The molecular formula is C17H25N3O3. The highest BCUT2D eigenvalue weighted by atomic mass is 16.2. The molecule has 0 radical (unpaired) electrons. The van der Waals surface area contributed by atoms with Gasteiger partial charge in [-0.25, -0.2) is 0 Å². The second-order valence-corrected chi connectivity index (χ2v) is 6.44. The van der Waals surface area contributed by atoms with Crippen LogP contribution in [0.25, 0.3) is 0 Å². The summed E-state index contributed by atoms with van der Waals surface area (Å²) in [6.07, 6.45) is 0.0758. The standard InChI is InChI=1S/C17H25N3O3/c1-12(21)19-14(13-8-6-5-7-9-13)10-15(22)18-11-16(23)20-17(2,3)4/h5-9,14H,10-11H2,1-4H3,(H,18,22)(H,19,21)(H,20,23)/t14-/m0/s1. The molecule has 0 saturated heterocycles. The second kappa shape index (κ2) is 8.31. The number of benzene rings is 1. The first-order valence-corrected chi connectivity index (χ1v) is 7.57. The Bertz CT molecular complexity index is 550. The number of rotatable bonds is 6. The lowest BCUT2D eigenvalue weighted by Crippen LogP contribution is -2.46. The topological polar surface area (TPSA) is 87.3 Å². The van der Waals surface area contributed by atoms with Gasteiger partial charge in [-0.2, -0.15) is 0 Å². The maximum absolute atomic E-state index is 12.0. The molecule has 3 N–H and O–H groups in total. The van der Waals surface area contributed by atoms with Gasteiger partial charge in [-0.3, -0.25) is 14.4 Å². The number of hydrogen-bond donors (Lipinski definition) is 3. The van der Waals surface area contributed by atoms with Crippen LogP contribution < -0.4 is 16.0 Å². The van der Waals surface area contributed by atoms with Crippen molar-refractivity contribution in [2.75, 3.05) is 6.54 Å². The van der Waals surface area contributed by atoms with E-state index in [1.807, 2.05) is 51.1 Å². The predicted molar refractivity (Wildman–Crippen MR) is 88.5 cm³/mol. The maximum Gasteiger partial charge on any atom is 0.239 e. The van der Waals surface area contributed by atoms with E-state index in [1.165, 1.54) is 6.92 Å². The van der Waals surface area contributed by atoms with E-state index in [0.717, 1.165) is 5.56 Å². The highest BCUT2D eigenvalue weighted by molar-refractivity contribution is 5.85. The molecule has 6 heteroatoms. The summed E-state index contributed by atoms with van der Waals surface area (Å²) in [5.41, 5.74) is 0.502. The van der Waals surface area contributed by atoms with Gasteiger partial charge in [0.15, 0.2) is 0 Å². The summed E-state index contributed by atoms with van der Waals surface area (Å²) in [6, 6.07) is 8.84. The molecular weight excluding hydrogens is 294 g/mol. The van der Waals surface area contributed by atoms with Gasteiger partial charge in [0.05, 0.1) is 19.0 Å². The van der Waals surface area contributed by atoms with Gasteiger partial charge in [-0.05, 0) is 26.3 Å². The number of carbonyl (C=O) groups excluding carboxylic acids is 3. The molecule has 6 nitrogen and oxygen atoms in total. The third-order valence-corrected chi connectivity index (χ3v) is 2.93. The van der Waals surface area contributed by atoms with Crippen LogP contribution in [0.4, 0.5) is 0 Å². The van der Waals surface area contributed by atoms with E-state index in [-0.39, 0.29) is 36.2 Å². The van der Waals surface area contributed by atoms with Crippen molar-refractivity contribution in [3.8, 4) is 0 Å². The molecule has 1 rings (SSSR count). The molecule has 0 aliphatic carbocycles. The van der Waals surface area contributed by atoms with Gasteiger partial charge in [-0.1, -0.05) is 30.3 Å². The summed E-state index contributed by atoms with van der Waals surface area (Å²) in [4.78, 5) is 35.1. The van der Waals surface area contributed by atoms with Gasteiger partial charge >= 0.3 is 0 Å². The van der Waals surface area contributed by atoms with Gasteiger partial charge in [0.1, 0.15) is 0 Å². The molecule has 0 fully saturated rings. The Balaban J connectivity index is 2.57. The monoisotopic (exact) mass is 319 g/mol. The van der Waals surface area contributed by atoms with Crippen molar-refractivity contribution in [3.05, 3.63) is 35.9 Å². The fourth-order valence-corrected chi connectivity index (χ4v) is 2.08. The van der Waals surface area contributed by atoms with E-state index in [1.54, 1.807) is 0 Å². The van der Waals surface area contributed by atoms with E-state index in [9.17, 15) is 14.4 Å². The Labute approximate surface area is 137 Å². The number of nitrogens with one attached hydrogen (secondary N) is 3. The summed E-state index contributed by atoms with van der Waals surface area (Å²) < 4.78 is 0. The average Bonchev–Trinajstić information content (AvgIpc) is 2.43. The second-order valence-electron chi connectivity index (χ2n) is 6.44. The van der Waals surface area contributed by atoms with Gasteiger partial charge in [0.2, 0.25) is 17.7 Å². The number of hydrogen-bond acceptors (Lipinski definition) is 3. The van der Waals surface area contributed by atoms with Crippen LogP contribution in [0.2, 0.25) is 0 Å². The van der Waals surface area contributed by atoms with Crippen LogP contribution in [-0.2, 0) is 14.4 Å². The summed E-state index contributed by atoms with van der Waals surface area (Å²) in [5.74, 6) is -0.754. The SMILES string of the molecule is CC(=O)N[C@@H](CC(=O)NCC(=O)NC(C)(C)C)c1ccccc1. The normalized spacial score (nSPS) is 12.2. The zero-order valence-electron chi connectivity index (χ0n) is 14.1.